The summed E-state index contributed by atoms with van der Waals surface area (Å²) in [6.45, 7) is 5.15. The van der Waals surface area contributed by atoms with E-state index in [1.807, 2.05) is 0 Å². The first-order chi connectivity index (χ1) is 8.88. The second-order valence-corrected chi connectivity index (χ2v) is 5.86. The zero-order chi connectivity index (χ0) is 14.2. The van der Waals surface area contributed by atoms with Gasteiger partial charge in [-0.05, 0) is 50.6 Å². The van der Waals surface area contributed by atoms with E-state index < -0.39 is 0 Å². The largest absolute Gasteiger partial charge is 0.493 e. The Morgan fingerprint density at radius 2 is 1.79 bits per heavy atom. The standard InChI is InChI=1S/C15H24N2O2/c1-15(2,16)14-11-9-13(19-5)12(18-4)8-10(11)6-7-17(14)3/h8-9,14H,6-7,16H2,1-5H3. The van der Waals surface area contributed by atoms with Crippen molar-refractivity contribution in [3.8, 4) is 11.5 Å². The number of benzene rings is 1. The number of fused-ring (bicyclic) bond motifs is 1. The molecule has 2 rings (SSSR count). The minimum atomic E-state index is -0.302. The van der Waals surface area contributed by atoms with Crippen molar-refractivity contribution in [3.05, 3.63) is 23.3 Å². The van der Waals surface area contributed by atoms with Crippen LogP contribution in [0.25, 0.3) is 0 Å². The van der Waals surface area contributed by atoms with Crippen molar-refractivity contribution < 1.29 is 9.47 Å². The van der Waals surface area contributed by atoms with Crippen molar-refractivity contribution in [2.24, 2.45) is 5.73 Å². The Hall–Kier alpha value is -1.26. The zero-order valence-corrected chi connectivity index (χ0v) is 12.5. The normalized spacial score (nSPS) is 20.0. The van der Waals surface area contributed by atoms with E-state index in [4.69, 9.17) is 15.2 Å². The second-order valence-electron chi connectivity index (χ2n) is 5.86. The van der Waals surface area contributed by atoms with E-state index in [1.165, 1.54) is 11.1 Å². The van der Waals surface area contributed by atoms with Crippen molar-refractivity contribution in [1.82, 2.24) is 4.90 Å². The van der Waals surface area contributed by atoms with Gasteiger partial charge in [0.2, 0.25) is 0 Å². The molecule has 0 spiro atoms. The third-order valence-corrected chi connectivity index (χ3v) is 3.82. The molecule has 1 aliphatic heterocycles. The Labute approximate surface area is 115 Å². The number of hydrogen-bond donors (Lipinski definition) is 1. The van der Waals surface area contributed by atoms with Gasteiger partial charge in [0.05, 0.1) is 20.3 Å². The van der Waals surface area contributed by atoms with Crippen molar-refractivity contribution in [3.63, 3.8) is 0 Å². The van der Waals surface area contributed by atoms with Crippen LogP contribution in [-0.2, 0) is 6.42 Å². The van der Waals surface area contributed by atoms with E-state index in [0.29, 0.717) is 0 Å². The van der Waals surface area contributed by atoms with Gasteiger partial charge in [-0.3, -0.25) is 4.90 Å². The summed E-state index contributed by atoms with van der Waals surface area (Å²) in [4.78, 5) is 2.31. The number of likely N-dealkylation sites (N-methyl/N-ethyl adjacent to an activating group) is 1. The maximum absolute atomic E-state index is 6.36. The zero-order valence-electron chi connectivity index (χ0n) is 12.5. The van der Waals surface area contributed by atoms with Gasteiger partial charge in [0, 0.05) is 12.1 Å². The molecular formula is C15H24N2O2. The summed E-state index contributed by atoms with van der Waals surface area (Å²) in [6.07, 6.45) is 1.01. The van der Waals surface area contributed by atoms with E-state index in [2.05, 4.69) is 37.9 Å². The highest BCUT2D eigenvalue weighted by Gasteiger charge is 2.35. The fraction of sp³-hybridized carbons (Fsp3) is 0.600. The predicted octanol–water partition coefficient (Wildman–Crippen LogP) is 1.97. The summed E-state index contributed by atoms with van der Waals surface area (Å²) in [5.74, 6) is 1.56. The van der Waals surface area contributed by atoms with E-state index in [-0.39, 0.29) is 11.6 Å². The summed E-state index contributed by atoms with van der Waals surface area (Å²) < 4.78 is 10.8. The SMILES string of the molecule is COc1cc2c(cc1OC)C(C(C)(C)N)N(C)CC2. The molecular weight excluding hydrogens is 240 g/mol. The van der Waals surface area contributed by atoms with Gasteiger partial charge in [-0.1, -0.05) is 0 Å². The van der Waals surface area contributed by atoms with Gasteiger partial charge in [-0.2, -0.15) is 0 Å². The lowest BCUT2D eigenvalue weighted by Gasteiger charge is -2.42. The van der Waals surface area contributed by atoms with Crippen LogP contribution in [-0.4, -0.2) is 38.3 Å². The summed E-state index contributed by atoms with van der Waals surface area (Å²) >= 11 is 0. The van der Waals surface area contributed by atoms with E-state index in [1.54, 1.807) is 14.2 Å². The minimum absolute atomic E-state index is 0.191. The van der Waals surface area contributed by atoms with E-state index in [9.17, 15) is 0 Å². The Morgan fingerprint density at radius 3 is 2.32 bits per heavy atom. The van der Waals surface area contributed by atoms with Gasteiger partial charge in [0.25, 0.3) is 0 Å². The molecule has 0 amide bonds. The van der Waals surface area contributed by atoms with Crippen molar-refractivity contribution in [1.29, 1.82) is 0 Å². The Kier molecular flexibility index (Phi) is 3.74. The van der Waals surface area contributed by atoms with Gasteiger partial charge in [-0.15, -0.1) is 0 Å². The lowest BCUT2D eigenvalue weighted by Crippen LogP contribution is -2.49. The predicted molar refractivity (Wildman–Crippen MR) is 76.9 cm³/mol. The van der Waals surface area contributed by atoms with Crippen molar-refractivity contribution in [2.75, 3.05) is 27.8 Å². The van der Waals surface area contributed by atoms with Crippen molar-refractivity contribution in [2.45, 2.75) is 31.8 Å². The number of rotatable bonds is 3. The molecule has 4 heteroatoms. The maximum Gasteiger partial charge on any atom is 0.161 e. The van der Waals surface area contributed by atoms with Crippen LogP contribution in [0.1, 0.15) is 31.0 Å². The number of nitrogens with two attached hydrogens (primary N) is 1. The second kappa shape index (κ2) is 5.02. The average Bonchev–Trinajstić information content (AvgIpc) is 2.35. The van der Waals surface area contributed by atoms with Gasteiger partial charge < -0.3 is 15.2 Å². The fourth-order valence-electron chi connectivity index (χ4n) is 3.04. The molecule has 19 heavy (non-hydrogen) atoms. The van der Waals surface area contributed by atoms with Gasteiger partial charge in [0.1, 0.15) is 0 Å². The molecule has 0 saturated carbocycles. The molecule has 0 fully saturated rings. The molecule has 0 radical (unpaired) electrons. The summed E-state index contributed by atoms with van der Waals surface area (Å²) in [5.41, 5.74) is 8.62. The van der Waals surface area contributed by atoms with Crippen LogP contribution in [0.3, 0.4) is 0 Å². The number of hydrogen-bond acceptors (Lipinski definition) is 4. The highest BCUT2D eigenvalue weighted by Crippen LogP contribution is 2.40. The highest BCUT2D eigenvalue weighted by molar-refractivity contribution is 5.50. The van der Waals surface area contributed by atoms with Crippen LogP contribution in [0.2, 0.25) is 0 Å². The fourth-order valence-corrected chi connectivity index (χ4v) is 3.04. The molecule has 1 aromatic rings. The lowest BCUT2D eigenvalue weighted by molar-refractivity contribution is 0.158. The van der Waals surface area contributed by atoms with Crippen LogP contribution < -0.4 is 15.2 Å². The third kappa shape index (κ3) is 2.55. The van der Waals surface area contributed by atoms with Crippen LogP contribution in [0.4, 0.5) is 0 Å². The Balaban J connectivity index is 2.55. The summed E-state index contributed by atoms with van der Waals surface area (Å²) in [6, 6.07) is 4.35. The van der Waals surface area contributed by atoms with Crippen LogP contribution in [0, 0.1) is 0 Å². The maximum atomic E-state index is 6.36. The quantitative estimate of drug-likeness (QED) is 0.906. The molecule has 0 saturated heterocycles. The number of nitrogens with zero attached hydrogens (tertiary/aromatic N) is 1. The summed E-state index contributed by atoms with van der Waals surface area (Å²) in [5, 5.41) is 0. The molecule has 0 bridgehead atoms. The van der Waals surface area contributed by atoms with E-state index in [0.717, 1.165) is 24.5 Å². The molecule has 2 N–H and O–H groups in total. The lowest BCUT2D eigenvalue weighted by atomic mass is 9.82. The monoisotopic (exact) mass is 264 g/mol. The molecule has 4 nitrogen and oxygen atoms in total. The van der Waals surface area contributed by atoms with Crippen molar-refractivity contribution >= 4 is 0 Å². The Bertz CT molecular complexity index is 466. The molecule has 1 unspecified atom stereocenters. The third-order valence-electron chi connectivity index (χ3n) is 3.82. The van der Waals surface area contributed by atoms with Crippen LogP contribution in [0.15, 0.2) is 12.1 Å². The summed E-state index contributed by atoms with van der Waals surface area (Å²) in [7, 11) is 5.46. The number of ether oxygens (including phenoxy) is 2. The average molecular weight is 264 g/mol. The Morgan fingerprint density at radius 1 is 1.21 bits per heavy atom. The molecule has 1 aliphatic rings. The van der Waals surface area contributed by atoms with Gasteiger partial charge in [-0.25, -0.2) is 0 Å². The first kappa shape index (κ1) is 14.2. The first-order valence-electron chi connectivity index (χ1n) is 6.62. The molecule has 0 aromatic heterocycles. The van der Waals surface area contributed by atoms with Crippen LogP contribution in [0.5, 0.6) is 11.5 Å². The molecule has 1 heterocycles. The van der Waals surface area contributed by atoms with Gasteiger partial charge in [0.15, 0.2) is 11.5 Å². The minimum Gasteiger partial charge on any atom is -0.493 e. The molecule has 0 aliphatic carbocycles. The number of methoxy groups -OCH3 is 2. The topological polar surface area (TPSA) is 47.7 Å². The molecule has 106 valence electrons. The van der Waals surface area contributed by atoms with E-state index >= 15 is 0 Å². The van der Waals surface area contributed by atoms with Crippen LogP contribution >= 0.6 is 0 Å². The first-order valence-corrected chi connectivity index (χ1v) is 6.62. The highest BCUT2D eigenvalue weighted by atomic mass is 16.5. The molecule has 1 atom stereocenters. The smallest absolute Gasteiger partial charge is 0.161 e. The molecule has 1 aromatic carbocycles. The van der Waals surface area contributed by atoms with Gasteiger partial charge >= 0.3 is 0 Å².